The number of carbonyl (C=O) groups is 1. The third-order valence-electron chi connectivity index (χ3n) is 4.66. The van der Waals surface area contributed by atoms with Gasteiger partial charge in [-0.15, -0.1) is 0 Å². The van der Waals surface area contributed by atoms with Gasteiger partial charge in [-0.3, -0.25) is 4.79 Å². The Labute approximate surface area is 135 Å². The predicted molar refractivity (Wildman–Crippen MR) is 86.3 cm³/mol. The topological polar surface area (TPSA) is 79.5 Å². The van der Waals surface area contributed by atoms with Crippen LogP contribution < -0.4 is 0 Å². The number of aromatic nitrogens is 2. The van der Waals surface area contributed by atoms with Gasteiger partial charge in [0.25, 0.3) is 11.6 Å². The van der Waals surface area contributed by atoms with Gasteiger partial charge < -0.3 is 14.5 Å². The van der Waals surface area contributed by atoms with E-state index in [4.69, 9.17) is 4.52 Å². The zero-order valence-electron chi connectivity index (χ0n) is 14.0. The van der Waals surface area contributed by atoms with E-state index in [0.717, 1.165) is 12.1 Å². The monoisotopic (exact) mass is 317 g/mol. The highest BCUT2D eigenvalue weighted by atomic mass is 16.5. The second kappa shape index (κ2) is 5.92. The summed E-state index contributed by atoms with van der Waals surface area (Å²) in [5, 5.41) is 14.7. The van der Waals surface area contributed by atoms with Gasteiger partial charge in [0.2, 0.25) is 0 Å². The lowest BCUT2D eigenvalue weighted by Gasteiger charge is -2.34. The zero-order chi connectivity index (χ0) is 16.7. The minimum absolute atomic E-state index is 0.0865. The molecule has 0 aliphatic carbocycles. The number of fused-ring (bicyclic) bond motifs is 1. The number of aryl methyl sites for hydroxylation is 1. The second-order valence-electron chi connectivity index (χ2n) is 6.78. The molecule has 6 nitrogen and oxygen atoms in total. The van der Waals surface area contributed by atoms with Gasteiger partial charge in [0.05, 0.1) is 22.7 Å². The van der Waals surface area contributed by atoms with Crippen LogP contribution in [0.25, 0.3) is 11.1 Å². The molecule has 3 heterocycles. The average Bonchev–Trinajstić information content (AvgIpc) is 2.90. The van der Waals surface area contributed by atoms with Crippen molar-refractivity contribution in [2.24, 2.45) is 5.92 Å². The Balaban J connectivity index is 2.04. The Kier molecular flexibility index (Phi) is 4.10. The zero-order valence-corrected chi connectivity index (χ0v) is 14.0. The van der Waals surface area contributed by atoms with Crippen LogP contribution in [0.1, 0.15) is 54.9 Å². The number of nitrogens with zero attached hydrogens (tertiary/aromatic N) is 3. The van der Waals surface area contributed by atoms with Crippen molar-refractivity contribution in [3.63, 3.8) is 0 Å². The van der Waals surface area contributed by atoms with E-state index in [9.17, 15) is 9.90 Å². The maximum atomic E-state index is 13.0. The molecule has 0 saturated carbocycles. The highest BCUT2D eigenvalue weighted by molar-refractivity contribution is 6.06. The lowest BCUT2D eigenvalue weighted by atomic mass is 9.95. The molecule has 0 aromatic carbocycles. The first-order valence-electron chi connectivity index (χ1n) is 8.12. The van der Waals surface area contributed by atoms with Crippen LogP contribution in [0.3, 0.4) is 0 Å². The quantitative estimate of drug-likeness (QED) is 0.920. The van der Waals surface area contributed by atoms with Crippen LogP contribution in [0.15, 0.2) is 10.6 Å². The van der Waals surface area contributed by atoms with Crippen molar-refractivity contribution < 1.29 is 14.4 Å². The van der Waals surface area contributed by atoms with E-state index in [1.54, 1.807) is 4.90 Å². The molecule has 0 radical (unpaired) electrons. The first-order chi connectivity index (χ1) is 10.9. The molecule has 1 aliphatic rings. The number of aliphatic hydroxyl groups excluding tert-OH is 1. The largest absolute Gasteiger partial charge is 0.391 e. The highest BCUT2D eigenvalue weighted by Gasteiger charge is 2.30. The number of likely N-dealkylation sites (tertiary alicyclic amines) is 1. The van der Waals surface area contributed by atoms with E-state index in [-0.39, 0.29) is 17.7 Å². The van der Waals surface area contributed by atoms with Crippen LogP contribution in [-0.2, 0) is 0 Å². The molecule has 1 aliphatic heterocycles. The van der Waals surface area contributed by atoms with Crippen LogP contribution >= 0.6 is 0 Å². The number of pyridine rings is 1. The molecule has 124 valence electrons. The molecule has 2 atom stereocenters. The number of amides is 1. The Morgan fingerprint density at radius 2 is 2.22 bits per heavy atom. The van der Waals surface area contributed by atoms with E-state index >= 15 is 0 Å². The molecule has 1 amide bonds. The molecule has 1 saturated heterocycles. The fraction of sp³-hybridized carbons (Fsp3) is 0.588. The maximum Gasteiger partial charge on any atom is 0.259 e. The molecule has 6 heteroatoms. The third-order valence-corrected chi connectivity index (χ3v) is 4.66. The molecule has 0 spiro atoms. The van der Waals surface area contributed by atoms with Crippen LogP contribution in [0.4, 0.5) is 0 Å². The van der Waals surface area contributed by atoms with Crippen molar-refractivity contribution in [1.29, 1.82) is 0 Å². The number of piperidine rings is 1. The first-order valence-corrected chi connectivity index (χ1v) is 8.12. The lowest BCUT2D eigenvalue weighted by Crippen LogP contribution is -2.45. The molecular weight excluding hydrogens is 294 g/mol. The van der Waals surface area contributed by atoms with Crippen LogP contribution in [0.2, 0.25) is 0 Å². The smallest absolute Gasteiger partial charge is 0.259 e. The van der Waals surface area contributed by atoms with Gasteiger partial charge in [-0.25, -0.2) is 4.98 Å². The molecule has 1 fully saturated rings. The summed E-state index contributed by atoms with van der Waals surface area (Å²) in [6.07, 6.45) is 0.332. The van der Waals surface area contributed by atoms with E-state index in [1.165, 1.54) is 0 Å². The van der Waals surface area contributed by atoms with Gasteiger partial charge in [-0.1, -0.05) is 25.9 Å². The van der Waals surface area contributed by atoms with Crippen molar-refractivity contribution in [1.82, 2.24) is 15.0 Å². The maximum absolute atomic E-state index is 13.0. The SMILES string of the molecule is Cc1noc2nc(C(C)C)cc(C(=O)N3CCC(C)C(O)C3)c12. The summed E-state index contributed by atoms with van der Waals surface area (Å²) in [5.74, 6) is 0.319. The number of rotatable bonds is 2. The van der Waals surface area contributed by atoms with Gasteiger partial charge in [0.15, 0.2) is 0 Å². The minimum Gasteiger partial charge on any atom is -0.391 e. The standard InChI is InChI=1S/C17H23N3O3/c1-9(2)13-7-12(15-11(4)19-23-16(15)18-13)17(22)20-6-5-10(3)14(21)8-20/h7,9-10,14,21H,5-6,8H2,1-4H3. The van der Waals surface area contributed by atoms with Gasteiger partial charge in [0.1, 0.15) is 0 Å². The van der Waals surface area contributed by atoms with Crippen molar-refractivity contribution in [2.75, 3.05) is 13.1 Å². The lowest BCUT2D eigenvalue weighted by molar-refractivity contribution is 0.0249. The normalized spacial score (nSPS) is 22.1. The molecule has 2 unspecified atom stereocenters. The van der Waals surface area contributed by atoms with Crippen molar-refractivity contribution in [3.8, 4) is 0 Å². The Morgan fingerprint density at radius 3 is 2.87 bits per heavy atom. The van der Waals surface area contributed by atoms with Crippen LogP contribution in [-0.4, -0.2) is 45.2 Å². The first kappa shape index (κ1) is 15.9. The Bertz CT molecular complexity index is 738. The minimum atomic E-state index is -0.474. The fourth-order valence-electron chi connectivity index (χ4n) is 2.98. The van der Waals surface area contributed by atoms with E-state index in [2.05, 4.69) is 10.1 Å². The number of aliphatic hydroxyl groups is 1. The molecule has 1 N–H and O–H groups in total. The van der Waals surface area contributed by atoms with Crippen molar-refractivity contribution in [3.05, 3.63) is 23.0 Å². The summed E-state index contributed by atoms with van der Waals surface area (Å²) in [6.45, 7) is 8.90. The van der Waals surface area contributed by atoms with Gasteiger partial charge in [0, 0.05) is 18.8 Å². The molecule has 2 aromatic rings. The molecule has 0 bridgehead atoms. The summed E-state index contributed by atoms with van der Waals surface area (Å²) in [6, 6.07) is 1.84. The molecule has 2 aromatic heterocycles. The van der Waals surface area contributed by atoms with E-state index in [1.807, 2.05) is 33.8 Å². The molecular formula is C17H23N3O3. The number of hydrogen-bond donors (Lipinski definition) is 1. The summed E-state index contributed by atoms with van der Waals surface area (Å²) in [4.78, 5) is 19.2. The van der Waals surface area contributed by atoms with Gasteiger partial charge in [-0.2, -0.15) is 0 Å². The van der Waals surface area contributed by atoms with Crippen LogP contribution in [0, 0.1) is 12.8 Å². The van der Waals surface area contributed by atoms with Crippen LogP contribution in [0.5, 0.6) is 0 Å². The van der Waals surface area contributed by atoms with E-state index in [0.29, 0.717) is 35.4 Å². The summed E-state index contributed by atoms with van der Waals surface area (Å²) < 4.78 is 5.27. The summed E-state index contributed by atoms with van der Waals surface area (Å²) >= 11 is 0. The Hall–Kier alpha value is -1.95. The highest BCUT2D eigenvalue weighted by Crippen LogP contribution is 2.27. The fourth-order valence-corrected chi connectivity index (χ4v) is 2.98. The van der Waals surface area contributed by atoms with E-state index < -0.39 is 6.10 Å². The average molecular weight is 317 g/mol. The number of hydrogen-bond acceptors (Lipinski definition) is 5. The second-order valence-corrected chi connectivity index (χ2v) is 6.78. The van der Waals surface area contributed by atoms with Crippen molar-refractivity contribution >= 4 is 17.0 Å². The number of carbonyl (C=O) groups excluding carboxylic acids is 1. The molecule has 3 rings (SSSR count). The molecule has 23 heavy (non-hydrogen) atoms. The Morgan fingerprint density at radius 1 is 1.48 bits per heavy atom. The van der Waals surface area contributed by atoms with Gasteiger partial charge >= 0.3 is 0 Å². The number of β-amino-alcohol motifs (C(OH)–C–C–N with tert-alkyl or cyclic N) is 1. The van der Waals surface area contributed by atoms with Gasteiger partial charge in [-0.05, 0) is 31.2 Å². The summed E-state index contributed by atoms with van der Waals surface area (Å²) in [7, 11) is 0. The van der Waals surface area contributed by atoms with Crippen molar-refractivity contribution in [2.45, 2.75) is 46.1 Å². The third kappa shape index (κ3) is 2.83. The summed E-state index contributed by atoms with van der Waals surface area (Å²) in [5.41, 5.74) is 2.45. The predicted octanol–water partition coefficient (Wildman–Crippen LogP) is 2.50.